The van der Waals surface area contributed by atoms with Crippen molar-refractivity contribution in [1.29, 1.82) is 0 Å². The Labute approximate surface area is 192 Å². The SMILES string of the molecule is CC(=O)N1CCCCCCCN(CC(C)C)Cc2cc(C(=O)Nc3ccncc3)ccc21. The van der Waals surface area contributed by atoms with E-state index in [1.165, 1.54) is 19.3 Å². The smallest absolute Gasteiger partial charge is 0.255 e. The predicted octanol–water partition coefficient (Wildman–Crippen LogP) is 5.11. The van der Waals surface area contributed by atoms with Gasteiger partial charge in [0.1, 0.15) is 0 Å². The van der Waals surface area contributed by atoms with Gasteiger partial charge in [-0.2, -0.15) is 0 Å². The van der Waals surface area contributed by atoms with Gasteiger partial charge in [-0.1, -0.05) is 33.1 Å². The Morgan fingerprint density at radius 2 is 1.69 bits per heavy atom. The number of pyridine rings is 1. The largest absolute Gasteiger partial charge is 0.322 e. The number of rotatable bonds is 4. The van der Waals surface area contributed by atoms with E-state index < -0.39 is 0 Å². The normalized spacial score (nSPS) is 16.1. The van der Waals surface area contributed by atoms with Crippen LogP contribution < -0.4 is 10.2 Å². The first-order chi connectivity index (χ1) is 15.4. The van der Waals surface area contributed by atoms with Gasteiger partial charge in [-0.25, -0.2) is 0 Å². The van der Waals surface area contributed by atoms with Crippen molar-refractivity contribution in [2.24, 2.45) is 5.92 Å². The highest BCUT2D eigenvalue weighted by Gasteiger charge is 2.20. The first kappa shape index (κ1) is 23.9. The Bertz CT molecular complexity index is 898. The van der Waals surface area contributed by atoms with Crippen LogP contribution in [0.2, 0.25) is 0 Å². The van der Waals surface area contributed by atoms with Gasteiger partial charge in [0.15, 0.2) is 0 Å². The van der Waals surface area contributed by atoms with Crippen LogP contribution in [0.3, 0.4) is 0 Å². The van der Waals surface area contributed by atoms with Crippen molar-refractivity contribution in [1.82, 2.24) is 9.88 Å². The van der Waals surface area contributed by atoms with E-state index in [-0.39, 0.29) is 11.8 Å². The third-order valence-electron chi connectivity index (χ3n) is 5.82. The van der Waals surface area contributed by atoms with Crippen LogP contribution in [0.5, 0.6) is 0 Å². The predicted molar refractivity (Wildman–Crippen MR) is 130 cm³/mol. The number of carbonyl (C=O) groups is 2. The molecular formula is C26H36N4O2. The number of hydrogen-bond donors (Lipinski definition) is 1. The first-order valence-electron chi connectivity index (χ1n) is 11.8. The molecule has 0 atom stereocenters. The first-order valence-corrected chi connectivity index (χ1v) is 11.8. The molecule has 1 aromatic carbocycles. The lowest BCUT2D eigenvalue weighted by Gasteiger charge is -2.30. The number of aromatic nitrogens is 1. The maximum atomic E-state index is 12.9. The minimum absolute atomic E-state index is 0.0488. The third kappa shape index (κ3) is 6.89. The summed E-state index contributed by atoms with van der Waals surface area (Å²) in [6.07, 6.45) is 9.05. The molecule has 0 saturated carbocycles. The summed E-state index contributed by atoms with van der Waals surface area (Å²) in [6, 6.07) is 9.27. The van der Waals surface area contributed by atoms with Crippen molar-refractivity contribution < 1.29 is 9.59 Å². The fourth-order valence-corrected chi connectivity index (χ4v) is 4.33. The van der Waals surface area contributed by atoms with Gasteiger partial charge < -0.3 is 10.2 Å². The molecule has 0 radical (unpaired) electrons. The van der Waals surface area contributed by atoms with Gasteiger partial charge in [-0.05, 0) is 61.2 Å². The van der Waals surface area contributed by atoms with Crippen LogP contribution in [0, 0.1) is 5.92 Å². The fourth-order valence-electron chi connectivity index (χ4n) is 4.33. The van der Waals surface area contributed by atoms with Gasteiger partial charge in [0.25, 0.3) is 5.91 Å². The number of hydrogen-bond acceptors (Lipinski definition) is 4. The summed E-state index contributed by atoms with van der Waals surface area (Å²) < 4.78 is 0. The molecule has 6 heteroatoms. The van der Waals surface area contributed by atoms with Crippen LogP contribution in [0.15, 0.2) is 42.7 Å². The summed E-state index contributed by atoms with van der Waals surface area (Å²) in [5, 5.41) is 2.94. The van der Waals surface area contributed by atoms with Gasteiger partial charge in [0, 0.05) is 55.9 Å². The lowest BCUT2D eigenvalue weighted by atomic mass is 10.0. The molecule has 1 aliphatic rings. The third-order valence-corrected chi connectivity index (χ3v) is 5.82. The van der Waals surface area contributed by atoms with E-state index >= 15 is 0 Å². The summed E-state index contributed by atoms with van der Waals surface area (Å²) >= 11 is 0. The lowest BCUT2D eigenvalue weighted by Crippen LogP contribution is -2.33. The Kier molecular flexibility index (Phi) is 8.80. The zero-order valence-electron chi connectivity index (χ0n) is 19.6. The highest BCUT2D eigenvalue weighted by Crippen LogP contribution is 2.27. The average molecular weight is 437 g/mol. The van der Waals surface area contributed by atoms with Crippen LogP contribution in [0.25, 0.3) is 0 Å². The zero-order chi connectivity index (χ0) is 22.9. The molecule has 0 aliphatic carbocycles. The topological polar surface area (TPSA) is 65.5 Å². The van der Waals surface area contributed by atoms with Crippen LogP contribution in [0.1, 0.15) is 68.8 Å². The van der Waals surface area contributed by atoms with Crippen LogP contribution >= 0.6 is 0 Å². The van der Waals surface area contributed by atoms with E-state index in [9.17, 15) is 9.59 Å². The Morgan fingerprint density at radius 3 is 2.38 bits per heavy atom. The van der Waals surface area contributed by atoms with Gasteiger partial charge in [-0.15, -0.1) is 0 Å². The molecule has 3 rings (SSSR count). The standard InChI is InChI=1S/C26H36N4O2/c1-20(2)18-29-15-7-5-4-6-8-16-30(21(3)31)25-10-9-22(17-23(25)19-29)26(32)28-24-11-13-27-14-12-24/h9-14,17,20H,4-8,15-16,18-19H2,1-3H3,(H,27,28,32). The van der Waals surface area contributed by atoms with Crippen molar-refractivity contribution in [2.75, 3.05) is 29.9 Å². The number of nitrogens with zero attached hydrogens (tertiary/aromatic N) is 3. The number of nitrogens with one attached hydrogen (secondary N) is 1. The molecular weight excluding hydrogens is 400 g/mol. The molecule has 1 aliphatic heterocycles. The van der Waals surface area contributed by atoms with E-state index in [2.05, 4.69) is 29.0 Å². The number of benzene rings is 1. The van der Waals surface area contributed by atoms with Gasteiger partial charge >= 0.3 is 0 Å². The molecule has 1 N–H and O–H groups in total. The fraction of sp³-hybridized carbons (Fsp3) is 0.500. The number of fused-ring (bicyclic) bond motifs is 1. The van der Waals surface area contributed by atoms with Gasteiger partial charge in [0.2, 0.25) is 5.91 Å². The Balaban J connectivity index is 1.94. The molecule has 2 amide bonds. The van der Waals surface area contributed by atoms with Gasteiger partial charge in [-0.3, -0.25) is 19.5 Å². The van der Waals surface area contributed by atoms with Crippen LogP contribution in [0.4, 0.5) is 11.4 Å². The van der Waals surface area contributed by atoms with Crippen LogP contribution in [-0.2, 0) is 11.3 Å². The molecule has 0 unspecified atom stereocenters. The summed E-state index contributed by atoms with van der Waals surface area (Å²) in [5.74, 6) is 0.441. The molecule has 6 nitrogen and oxygen atoms in total. The minimum Gasteiger partial charge on any atom is -0.322 e. The van der Waals surface area contributed by atoms with Crippen LogP contribution in [-0.4, -0.2) is 41.3 Å². The van der Waals surface area contributed by atoms with E-state index in [4.69, 9.17) is 0 Å². The molecule has 32 heavy (non-hydrogen) atoms. The second-order valence-electron chi connectivity index (χ2n) is 9.10. The molecule has 2 aromatic rings. The number of anilines is 2. The minimum atomic E-state index is -0.157. The van der Waals surface area contributed by atoms with Crippen molar-refractivity contribution in [2.45, 2.75) is 59.4 Å². The van der Waals surface area contributed by atoms with Crippen molar-refractivity contribution in [3.05, 3.63) is 53.9 Å². The zero-order valence-corrected chi connectivity index (χ0v) is 19.6. The maximum absolute atomic E-state index is 12.9. The summed E-state index contributed by atoms with van der Waals surface area (Å²) in [4.78, 5) is 33.8. The van der Waals surface area contributed by atoms with Gasteiger partial charge in [0.05, 0.1) is 0 Å². The summed E-state index contributed by atoms with van der Waals surface area (Å²) in [7, 11) is 0. The van der Waals surface area contributed by atoms with Crippen molar-refractivity contribution in [3.63, 3.8) is 0 Å². The molecule has 0 fully saturated rings. The highest BCUT2D eigenvalue weighted by molar-refractivity contribution is 6.05. The highest BCUT2D eigenvalue weighted by atomic mass is 16.2. The van der Waals surface area contributed by atoms with Crippen molar-refractivity contribution >= 4 is 23.2 Å². The summed E-state index contributed by atoms with van der Waals surface area (Å²) in [6.45, 7) is 9.57. The summed E-state index contributed by atoms with van der Waals surface area (Å²) in [5.41, 5.74) is 3.27. The monoisotopic (exact) mass is 436 g/mol. The quantitative estimate of drug-likeness (QED) is 0.723. The lowest BCUT2D eigenvalue weighted by molar-refractivity contribution is -0.116. The van der Waals surface area contributed by atoms with E-state index in [1.54, 1.807) is 31.5 Å². The maximum Gasteiger partial charge on any atom is 0.255 e. The molecule has 0 spiro atoms. The van der Waals surface area contributed by atoms with Crippen molar-refractivity contribution in [3.8, 4) is 0 Å². The second-order valence-corrected chi connectivity index (χ2v) is 9.10. The number of carbonyl (C=O) groups excluding carboxylic acids is 2. The van der Waals surface area contributed by atoms with E-state index in [0.29, 0.717) is 17.2 Å². The average Bonchev–Trinajstić information content (AvgIpc) is 2.75. The van der Waals surface area contributed by atoms with E-state index in [0.717, 1.165) is 50.3 Å². The second kappa shape index (κ2) is 11.8. The molecule has 0 bridgehead atoms. The Hall–Kier alpha value is -2.73. The molecule has 172 valence electrons. The van der Waals surface area contributed by atoms with E-state index in [1.807, 2.05) is 23.1 Å². The molecule has 2 heterocycles. The molecule has 1 aromatic heterocycles. The Morgan fingerprint density at radius 1 is 1.00 bits per heavy atom. The molecule has 0 saturated heterocycles. The number of amides is 2.